The fraction of sp³-hybridized carbons (Fsp3) is 0.235. The Morgan fingerprint density at radius 3 is 2.67 bits per heavy atom. The highest BCUT2D eigenvalue weighted by atomic mass is 16.5. The maximum atomic E-state index is 12.0. The quantitative estimate of drug-likeness (QED) is 0.853. The van der Waals surface area contributed by atoms with Crippen LogP contribution in [0, 0.1) is 0 Å². The van der Waals surface area contributed by atoms with Crippen molar-refractivity contribution < 1.29 is 9.53 Å². The Balaban J connectivity index is 1.92. The SMILES string of the molecule is COc1ccccc1CC(=O)NCc1cccc(CN)c1. The molecule has 0 saturated carbocycles. The molecule has 0 atom stereocenters. The molecule has 2 aromatic carbocycles. The van der Waals surface area contributed by atoms with Gasteiger partial charge in [-0.25, -0.2) is 0 Å². The van der Waals surface area contributed by atoms with E-state index in [0.29, 0.717) is 19.5 Å². The number of carbonyl (C=O) groups is 1. The summed E-state index contributed by atoms with van der Waals surface area (Å²) in [7, 11) is 1.61. The van der Waals surface area contributed by atoms with Crippen molar-refractivity contribution in [1.29, 1.82) is 0 Å². The summed E-state index contributed by atoms with van der Waals surface area (Å²) in [4.78, 5) is 12.0. The Morgan fingerprint density at radius 2 is 1.90 bits per heavy atom. The Kier molecular flexibility index (Phi) is 5.35. The van der Waals surface area contributed by atoms with Crippen LogP contribution in [0.2, 0.25) is 0 Å². The molecule has 21 heavy (non-hydrogen) atoms. The summed E-state index contributed by atoms with van der Waals surface area (Å²) in [5.74, 6) is 0.704. The van der Waals surface area contributed by atoms with Crippen molar-refractivity contribution in [1.82, 2.24) is 5.32 Å². The number of para-hydroxylation sites is 1. The lowest BCUT2D eigenvalue weighted by Crippen LogP contribution is -2.24. The van der Waals surface area contributed by atoms with Crippen LogP contribution < -0.4 is 15.8 Å². The molecule has 4 heteroatoms. The molecular formula is C17H20N2O2. The highest BCUT2D eigenvalue weighted by molar-refractivity contribution is 5.79. The number of amides is 1. The Labute approximate surface area is 124 Å². The molecule has 0 unspecified atom stereocenters. The van der Waals surface area contributed by atoms with Crippen LogP contribution in [0.5, 0.6) is 5.75 Å². The first-order valence-electron chi connectivity index (χ1n) is 6.89. The van der Waals surface area contributed by atoms with Crippen LogP contribution in [0.3, 0.4) is 0 Å². The van der Waals surface area contributed by atoms with Gasteiger partial charge in [-0.1, -0.05) is 42.5 Å². The van der Waals surface area contributed by atoms with Gasteiger partial charge in [0.2, 0.25) is 5.91 Å². The van der Waals surface area contributed by atoms with Crippen molar-refractivity contribution in [2.75, 3.05) is 7.11 Å². The summed E-state index contributed by atoms with van der Waals surface area (Å²) >= 11 is 0. The number of ether oxygens (including phenoxy) is 1. The molecule has 0 aromatic heterocycles. The second kappa shape index (κ2) is 7.45. The van der Waals surface area contributed by atoms with Crippen LogP contribution in [-0.4, -0.2) is 13.0 Å². The summed E-state index contributed by atoms with van der Waals surface area (Å²) < 4.78 is 5.25. The van der Waals surface area contributed by atoms with Gasteiger partial charge in [0.1, 0.15) is 5.75 Å². The normalized spacial score (nSPS) is 10.2. The van der Waals surface area contributed by atoms with E-state index in [-0.39, 0.29) is 5.91 Å². The fourth-order valence-corrected chi connectivity index (χ4v) is 2.15. The van der Waals surface area contributed by atoms with Crippen LogP contribution in [-0.2, 0) is 24.3 Å². The molecule has 0 aliphatic rings. The second-order valence-corrected chi connectivity index (χ2v) is 4.79. The number of carbonyl (C=O) groups excluding carboxylic acids is 1. The number of nitrogens with two attached hydrogens (primary N) is 1. The third-order valence-corrected chi connectivity index (χ3v) is 3.26. The lowest BCUT2D eigenvalue weighted by Gasteiger charge is -2.09. The fourth-order valence-electron chi connectivity index (χ4n) is 2.15. The van der Waals surface area contributed by atoms with Gasteiger partial charge in [-0.3, -0.25) is 4.79 Å². The van der Waals surface area contributed by atoms with Crippen LogP contribution in [0.25, 0.3) is 0 Å². The number of benzene rings is 2. The third-order valence-electron chi connectivity index (χ3n) is 3.26. The van der Waals surface area contributed by atoms with Crippen molar-refractivity contribution in [2.24, 2.45) is 5.73 Å². The van der Waals surface area contributed by atoms with Gasteiger partial charge in [0.25, 0.3) is 0 Å². The number of hydrogen-bond donors (Lipinski definition) is 2. The summed E-state index contributed by atoms with van der Waals surface area (Å²) in [5, 5.41) is 2.91. The second-order valence-electron chi connectivity index (χ2n) is 4.79. The standard InChI is InChI=1S/C17H20N2O2/c1-21-16-8-3-2-7-15(16)10-17(20)19-12-14-6-4-5-13(9-14)11-18/h2-9H,10-12,18H2,1H3,(H,19,20). The molecule has 4 nitrogen and oxygen atoms in total. The molecule has 0 aliphatic carbocycles. The van der Waals surface area contributed by atoms with E-state index in [0.717, 1.165) is 22.4 Å². The minimum Gasteiger partial charge on any atom is -0.496 e. The minimum atomic E-state index is -0.0300. The number of methoxy groups -OCH3 is 1. The molecular weight excluding hydrogens is 264 g/mol. The van der Waals surface area contributed by atoms with Crippen LogP contribution in [0.4, 0.5) is 0 Å². The molecule has 2 rings (SSSR count). The van der Waals surface area contributed by atoms with Crippen LogP contribution >= 0.6 is 0 Å². The topological polar surface area (TPSA) is 64.3 Å². The van der Waals surface area contributed by atoms with Gasteiger partial charge in [0, 0.05) is 18.7 Å². The van der Waals surface area contributed by atoms with E-state index >= 15 is 0 Å². The van der Waals surface area contributed by atoms with Crippen molar-refractivity contribution in [2.45, 2.75) is 19.5 Å². The maximum absolute atomic E-state index is 12.0. The summed E-state index contributed by atoms with van der Waals surface area (Å²) in [5.41, 5.74) is 8.60. The Morgan fingerprint density at radius 1 is 1.14 bits per heavy atom. The largest absolute Gasteiger partial charge is 0.496 e. The molecule has 0 fully saturated rings. The average molecular weight is 284 g/mol. The maximum Gasteiger partial charge on any atom is 0.224 e. The first kappa shape index (κ1) is 15.1. The summed E-state index contributed by atoms with van der Waals surface area (Å²) in [6.07, 6.45) is 0.306. The van der Waals surface area contributed by atoms with Gasteiger partial charge in [-0.05, 0) is 17.2 Å². The zero-order valence-electron chi connectivity index (χ0n) is 12.1. The van der Waals surface area contributed by atoms with Gasteiger partial charge in [-0.2, -0.15) is 0 Å². The van der Waals surface area contributed by atoms with E-state index in [1.54, 1.807) is 7.11 Å². The number of nitrogens with one attached hydrogen (secondary N) is 1. The Bertz CT molecular complexity index is 611. The van der Waals surface area contributed by atoms with E-state index in [1.807, 2.05) is 48.5 Å². The molecule has 0 radical (unpaired) electrons. The van der Waals surface area contributed by atoms with Crippen molar-refractivity contribution in [3.05, 3.63) is 65.2 Å². The predicted octanol–water partition coefficient (Wildman–Crippen LogP) is 2.01. The van der Waals surface area contributed by atoms with E-state index in [2.05, 4.69) is 5.32 Å². The lowest BCUT2D eigenvalue weighted by molar-refractivity contribution is -0.120. The van der Waals surface area contributed by atoms with E-state index in [1.165, 1.54) is 0 Å². The zero-order chi connectivity index (χ0) is 15.1. The summed E-state index contributed by atoms with van der Waals surface area (Å²) in [6.45, 7) is 1.00. The van der Waals surface area contributed by atoms with Gasteiger partial charge in [0.05, 0.1) is 13.5 Å². The molecule has 2 aromatic rings. The van der Waals surface area contributed by atoms with Crippen molar-refractivity contribution in [3.8, 4) is 5.75 Å². The highest BCUT2D eigenvalue weighted by Gasteiger charge is 2.07. The first-order chi connectivity index (χ1) is 10.2. The number of hydrogen-bond acceptors (Lipinski definition) is 3. The van der Waals surface area contributed by atoms with E-state index in [9.17, 15) is 4.79 Å². The molecule has 0 spiro atoms. The van der Waals surface area contributed by atoms with Gasteiger partial charge in [0.15, 0.2) is 0 Å². The molecule has 3 N–H and O–H groups in total. The monoisotopic (exact) mass is 284 g/mol. The predicted molar refractivity (Wildman–Crippen MR) is 82.9 cm³/mol. The van der Waals surface area contributed by atoms with Gasteiger partial charge < -0.3 is 15.8 Å². The molecule has 110 valence electrons. The smallest absolute Gasteiger partial charge is 0.224 e. The molecule has 1 amide bonds. The third kappa shape index (κ3) is 4.33. The van der Waals surface area contributed by atoms with Crippen molar-refractivity contribution in [3.63, 3.8) is 0 Å². The Hall–Kier alpha value is -2.33. The van der Waals surface area contributed by atoms with Gasteiger partial charge in [-0.15, -0.1) is 0 Å². The minimum absolute atomic E-state index is 0.0300. The van der Waals surface area contributed by atoms with E-state index in [4.69, 9.17) is 10.5 Å². The lowest BCUT2D eigenvalue weighted by atomic mass is 10.1. The summed E-state index contributed by atoms with van der Waals surface area (Å²) in [6, 6.07) is 15.4. The highest BCUT2D eigenvalue weighted by Crippen LogP contribution is 2.17. The molecule has 0 saturated heterocycles. The molecule has 0 bridgehead atoms. The van der Waals surface area contributed by atoms with Crippen LogP contribution in [0.1, 0.15) is 16.7 Å². The van der Waals surface area contributed by atoms with Crippen LogP contribution in [0.15, 0.2) is 48.5 Å². The first-order valence-corrected chi connectivity index (χ1v) is 6.89. The number of rotatable bonds is 6. The van der Waals surface area contributed by atoms with E-state index < -0.39 is 0 Å². The average Bonchev–Trinajstić information content (AvgIpc) is 2.53. The van der Waals surface area contributed by atoms with Gasteiger partial charge >= 0.3 is 0 Å². The molecule has 0 heterocycles. The molecule has 0 aliphatic heterocycles. The van der Waals surface area contributed by atoms with Crippen molar-refractivity contribution >= 4 is 5.91 Å². The zero-order valence-corrected chi connectivity index (χ0v) is 12.1.